The van der Waals surface area contributed by atoms with Crippen LogP contribution >= 0.6 is 0 Å². The van der Waals surface area contributed by atoms with Crippen LogP contribution in [0.25, 0.3) is 0 Å². The van der Waals surface area contributed by atoms with Crippen LogP contribution in [0.15, 0.2) is 42.2 Å². The second-order valence-electron chi connectivity index (χ2n) is 6.74. The van der Waals surface area contributed by atoms with Gasteiger partial charge in [-0.2, -0.15) is 0 Å². The summed E-state index contributed by atoms with van der Waals surface area (Å²) in [6.45, 7) is 2.63. The zero-order valence-corrected chi connectivity index (χ0v) is 14.7. The number of anilines is 1. The first-order valence-corrected chi connectivity index (χ1v) is 9.20. The lowest BCUT2D eigenvalue weighted by atomic mass is 9.82. The van der Waals surface area contributed by atoms with Crippen LogP contribution in [0.5, 0.6) is 0 Å². The molecule has 1 heterocycles. The predicted octanol–water partition coefficient (Wildman–Crippen LogP) is 3.32. The number of aliphatic hydroxyl groups excluding tert-OH is 1. The second-order valence-corrected chi connectivity index (χ2v) is 6.74. The van der Waals surface area contributed by atoms with Gasteiger partial charge in [-0.1, -0.05) is 18.2 Å². The first kappa shape index (κ1) is 18.0. The van der Waals surface area contributed by atoms with Gasteiger partial charge in [-0.05, 0) is 62.7 Å². The number of hydrogen-bond acceptors (Lipinski definition) is 4. The minimum atomic E-state index is -0.427. The molecule has 5 nitrogen and oxygen atoms in total. The zero-order valence-electron chi connectivity index (χ0n) is 14.7. The van der Waals surface area contributed by atoms with Crippen molar-refractivity contribution < 1.29 is 19.4 Å². The van der Waals surface area contributed by atoms with E-state index in [9.17, 15) is 9.90 Å². The average molecular weight is 345 g/mol. The van der Waals surface area contributed by atoms with Crippen LogP contribution in [0.4, 0.5) is 5.69 Å². The number of aliphatic hydroxyl groups is 1. The van der Waals surface area contributed by atoms with Crippen molar-refractivity contribution in [1.29, 1.82) is 0 Å². The SMILES string of the molecule is CCO[C@@H]1OC(C(=O)Nc2ccccc2)=C[C@H](C2CC2)[C@@H]1CCCO. The topological polar surface area (TPSA) is 67.8 Å². The molecule has 1 saturated carbocycles. The van der Waals surface area contributed by atoms with Crippen molar-refractivity contribution in [1.82, 2.24) is 0 Å². The fraction of sp³-hybridized carbons (Fsp3) is 0.550. The Balaban J connectivity index is 1.77. The number of para-hydroxylation sites is 1. The molecule has 1 fully saturated rings. The Kier molecular flexibility index (Phi) is 6.10. The highest BCUT2D eigenvalue weighted by molar-refractivity contribution is 6.02. The molecule has 0 unspecified atom stereocenters. The third-order valence-corrected chi connectivity index (χ3v) is 4.88. The fourth-order valence-corrected chi connectivity index (χ4v) is 3.52. The van der Waals surface area contributed by atoms with Gasteiger partial charge in [0.2, 0.25) is 6.29 Å². The summed E-state index contributed by atoms with van der Waals surface area (Å²) in [5.74, 6) is 1.16. The monoisotopic (exact) mass is 345 g/mol. The highest BCUT2D eigenvalue weighted by Crippen LogP contribution is 2.47. The van der Waals surface area contributed by atoms with Gasteiger partial charge >= 0.3 is 0 Å². The van der Waals surface area contributed by atoms with E-state index in [2.05, 4.69) is 5.32 Å². The summed E-state index contributed by atoms with van der Waals surface area (Å²) in [6, 6.07) is 9.37. The van der Waals surface area contributed by atoms with E-state index in [1.54, 1.807) is 0 Å². The Morgan fingerprint density at radius 3 is 2.72 bits per heavy atom. The lowest BCUT2D eigenvalue weighted by Crippen LogP contribution is -2.39. The average Bonchev–Trinajstić information content (AvgIpc) is 3.46. The second kappa shape index (κ2) is 8.50. The lowest BCUT2D eigenvalue weighted by Gasteiger charge is -2.37. The Bertz CT molecular complexity index is 597. The van der Waals surface area contributed by atoms with Crippen LogP contribution in [0.2, 0.25) is 0 Å². The first-order valence-electron chi connectivity index (χ1n) is 9.20. The fourth-order valence-electron chi connectivity index (χ4n) is 3.52. The molecule has 136 valence electrons. The molecule has 1 aromatic rings. The predicted molar refractivity (Wildman–Crippen MR) is 95.7 cm³/mol. The van der Waals surface area contributed by atoms with Crippen molar-refractivity contribution in [2.45, 2.75) is 38.9 Å². The standard InChI is InChI=1S/C20H27NO4/c1-2-24-20-16(9-6-12-22)17(14-10-11-14)13-18(25-20)19(23)21-15-7-4-3-5-8-15/h3-5,7-8,13-14,16-17,20,22H,2,6,9-12H2,1H3,(H,21,23)/t16-,17+,20+/m0/s1. The number of allylic oxidation sites excluding steroid dienone is 1. The number of rotatable bonds is 8. The molecule has 25 heavy (non-hydrogen) atoms. The van der Waals surface area contributed by atoms with Gasteiger partial charge in [0.25, 0.3) is 5.91 Å². The van der Waals surface area contributed by atoms with E-state index in [0.29, 0.717) is 18.3 Å². The molecule has 0 aromatic heterocycles. The number of benzene rings is 1. The van der Waals surface area contributed by atoms with E-state index in [-0.39, 0.29) is 24.3 Å². The summed E-state index contributed by atoms with van der Waals surface area (Å²) in [5.41, 5.74) is 0.746. The van der Waals surface area contributed by atoms with Gasteiger partial charge in [0.15, 0.2) is 5.76 Å². The van der Waals surface area contributed by atoms with Gasteiger partial charge < -0.3 is 19.9 Å². The number of nitrogens with one attached hydrogen (secondary N) is 1. The maximum atomic E-state index is 12.6. The molecule has 2 aliphatic rings. The van der Waals surface area contributed by atoms with E-state index in [4.69, 9.17) is 9.47 Å². The van der Waals surface area contributed by atoms with Gasteiger partial charge in [-0.25, -0.2) is 0 Å². The number of amides is 1. The molecule has 0 bridgehead atoms. The maximum absolute atomic E-state index is 12.6. The Morgan fingerprint density at radius 1 is 1.32 bits per heavy atom. The molecule has 0 saturated heterocycles. The molecule has 1 aromatic carbocycles. The van der Waals surface area contributed by atoms with Crippen LogP contribution < -0.4 is 5.32 Å². The highest BCUT2D eigenvalue weighted by atomic mass is 16.7. The van der Waals surface area contributed by atoms with Crippen LogP contribution in [-0.4, -0.2) is 30.5 Å². The molecule has 0 radical (unpaired) electrons. The van der Waals surface area contributed by atoms with Gasteiger partial charge in [-0.3, -0.25) is 4.79 Å². The minimum absolute atomic E-state index is 0.164. The molecule has 1 aliphatic carbocycles. The minimum Gasteiger partial charge on any atom is -0.459 e. The molecule has 1 aliphatic heterocycles. The van der Waals surface area contributed by atoms with Crippen LogP contribution in [0.1, 0.15) is 32.6 Å². The van der Waals surface area contributed by atoms with E-state index in [0.717, 1.165) is 18.5 Å². The summed E-state index contributed by atoms with van der Waals surface area (Å²) in [4.78, 5) is 12.6. The first-order chi connectivity index (χ1) is 12.2. The Hall–Kier alpha value is -1.85. The Morgan fingerprint density at radius 2 is 2.08 bits per heavy atom. The maximum Gasteiger partial charge on any atom is 0.290 e. The number of hydrogen-bond donors (Lipinski definition) is 2. The van der Waals surface area contributed by atoms with E-state index < -0.39 is 6.29 Å². The van der Waals surface area contributed by atoms with Crippen molar-refractivity contribution in [3.63, 3.8) is 0 Å². The molecule has 0 spiro atoms. The van der Waals surface area contributed by atoms with Gasteiger partial charge in [-0.15, -0.1) is 0 Å². The summed E-state index contributed by atoms with van der Waals surface area (Å²) >= 11 is 0. The third-order valence-electron chi connectivity index (χ3n) is 4.88. The largest absolute Gasteiger partial charge is 0.459 e. The van der Waals surface area contributed by atoms with Crippen LogP contribution in [0, 0.1) is 17.8 Å². The molecule has 5 heteroatoms. The number of ether oxygens (including phenoxy) is 2. The van der Waals surface area contributed by atoms with Crippen molar-refractivity contribution in [2.24, 2.45) is 17.8 Å². The molecule has 3 atom stereocenters. The summed E-state index contributed by atoms with van der Waals surface area (Å²) < 4.78 is 11.7. The van der Waals surface area contributed by atoms with Crippen molar-refractivity contribution in [2.75, 3.05) is 18.5 Å². The molecule has 3 rings (SSSR count). The number of carbonyl (C=O) groups excluding carboxylic acids is 1. The third kappa shape index (κ3) is 4.61. The van der Waals surface area contributed by atoms with Gasteiger partial charge in [0.1, 0.15) is 0 Å². The molecule has 2 N–H and O–H groups in total. The van der Waals surface area contributed by atoms with Crippen LogP contribution in [-0.2, 0) is 14.3 Å². The van der Waals surface area contributed by atoms with E-state index in [1.165, 1.54) is 12.8 Å². The zero-order chi connectivity index (χ0) is 17.6. The van der Waals surface area contributed by atoms with Crippen molar-refractivity contribution in [3.8, 4) is 0 Å². The lowest BCUT2D eigenvalue weighted by molar-refractivity contribution is -0.172. The number of carbonyl (C=O) groups is 1. The molecular weight excluding hydrogens is 318 g/mol. The van der Waals surface area contributed by atoms with Crippen LogP contribution in [0.3, 0.4) is 0 Å². The van der Waals surface area contributed by atoms with E-state index in [1.807, 2.05) is 43.3 Å². The summed E-state index contributed by atoms with van der Waals surface area (Å²) in [7, 11) is 0. The molecular formula is C20H27NO4. The van der Waals surface area contributed by atoms with Crippen molar-refractivity contribution in [3.05, 3.63) is 42.2 Å². The van der Waals surface area contributed by atoms with Gasteiger partial charge in [0, 0.05) is 24.8 Å². The van der Waals surface area contributed by atoms with Gasteiger partial charge in [0.05, 0.1) is 0 Å². The summed E-state index contributed by atoms with van der Waals surface area (Å²) in [5, 5.41) is 12.1. The smallest absolute Gasteiger partial charge is 0.290 e. The quantitative estimate of drug-likeness (QED) is 0.758. The highest BCUT2D eigenvalue weighted by Gasteiger charge is 2.43. The summed E-state index contributed by atoms with van der Waals surface area (Å²) in [6.07, 6.45) is 5.48. The normalized spacial score (nSPS) is 25.8. The Labute approximate surface area is 149 Å². The van der Waals surface area contributed by atoms with E-state index >= 15 is 0 Å². The molecule has 1 amide bonds. The van der Waals surface area contributed by atoms with Crippen molar-refractivity contribution >= 4 is 11.6 Å².